The molecule has 1 saturated heterocycles. The van der Waals surface area contributed by atoms with Gasteiger partial charge in [-0.3, -0.25) is 4.79 Å². The minimum Gasteiger partial charge on any atom is -0.337 e. The molecule has 0 saturated carbocycles. The van der Waals surface area contributed by atoms with Crippen LogP contribution < -0.4 is 5.32 Å². The van der Waals surface area contributed by atoms with Crippen molar-refractivity contribution >= 4 is 29.9 Å². The number of halogens is 2. The van der Waals surface area contributed by atoms with Crippen molar-refractivity contribution in [3.05, 3.63) is 33.8 Å². The van der Waals surface area contributed by atoms with Crippen LogP contribution in [0.3, 0.4) is 0 Å². The van der Waals surface area contributed by atoms with Crippen LogP contribution in [0.2, 0.25) is 5.02 Å². The number of hydrogen-bond acceptors (Lipinski definition) is 2. The van der Waals surface area contributed by atoms with Crippen LogP contribution in [-0.4, -0.2) is 37.0 Å². The molecule has 0 radical (unpaired) electrons. The molecule has 2 heterocycles. The van der Waals surface area contributed by atoms with E-state index >= 15 is 0 Å². The molecule has 0 aromatic heterocycles. The first-order valence-electron chi connectivity index (χ1n) is 6.93. The number of amides is 1. The molecule has 0 unspecified atom stereocenters. The lowest BCUT2D eigenvalue weighted by Crippen LogP contribution is -2.45. The lowest BCUT2D eigenvalue weighted by molar-refractivity contribution is 0.0706. The van der Waals surface area contributed by atoms with Gasteiger partial charge in [0.25, 0.3) is 5.91 Å². The molecule has 110 valence electrons. The molecule has 2 atom stereocenters. The number of rotatable bonds is 2. The fourth-order valence-electron chi connectivity index (χ4n) is 3.35. The van der Waals surface area contributed by atoms with Gasteiger partial charge < -0.3 is 10.2 Å². The first kappa shape index (κ1) is 15.6. The largest absolute Gasteiger partial charge is 0.337 e. The SMILES string of the molecule is CCCc1cc(Cl)c2c(c1)[C@H]1CNC[C@@H]1N(C)C2=O.Cl. The summed E-state index contributed by atoms with van der Waals surface area (Å²) in [6.07, 6.45) is 2.11. The number of hydrogen-bond donors (Lipinski definition) is 1. The molecular formula is C15H20Cl2N2O. The van der Waals surface area contributed by atoms with Gasteiger partial charge in [0, 0.05) is 26.1 Å². The van der Waals surface area contributed by atoms with Crippen LogP contribution in [0.4, 0.5) is 0 Å². The average Bonchev–Trinajstić information content (AvgIpc) is 2.85. The summed E-state index contributed by atoms with van der Waals surface area (Å²) >= 11 is 6.37. The van der Waals surface area contributed by atoms with Crippen LogP contribution in [0.1, 0.15) is 40.7 Å². The molecule has 2 aliphatic rings. The third-order valence-electron chi connectivity index (χ3n) is 4.33. The standard InChI is InChI=1S/C15H19ClN2O.ClH/c1-3-4-9-5-10-11-7-17-8-13(11)18(2)15(19)14(10)12(16)6-9;/h5-6,11,13,17H,3-4,7-8H2,1-2H3;1H/t11-,13+;/m1./s1. The first-order chi connectivity index (χ1) is 9.13. The van der Waals surface area contributed by atoms with Gasteiger partial charge in [-0.2, -0.15) is 0 Å². The number of nitrogens with zero attached hydrogens (tertiary/aromatic N) is 1. The highest BCUT2D eigenvalue weighted by Crippen LogP contribution is 2.38. The van der Waals surface area contributed by atoms with Crippen molar-refractivity contribution in [3.8, 4) is 0 Å². The molecule has 1 aromatic rings. The van der Waals surface area contributed by atoms with Gasteiger partial charge in [-0.05, 0) is 23.6 Å². The van der Waals surface area contributed by atoms with E-state index in [-0.39, 0.29) is 24.4 Å². The van der Waals surface area contributed by atoms with Gasteiger partial charge >= 0.3 is 0 Å². The van der Waals surface area contributed by atoms with Crippen LogP contribution >= 0.6 is 24.0 Å². The molecule has 1 fully saturated rings. The van der Waals surface area contributed by atoms with E-state index in [1.54, 1.807) is 0 Å². The zero-order chi connectivity index (χ0) is 13.6. The van der Waals surface area contributed by atoms with Crippen LogP contribution in [0.5, 0.6) is 0 Å². The predicted octanol–water partition coefficient (Wildman–Crippen LogP) is 2.86. The molecule has 5 heteroatoms. The summed E-state index contributed by atoms with van der Waals surface area (Å²) in [5.74, 6) is 0.444. The lowest BCUT2D eigenvalue weighted by Gasteiger charge is -2.36. The number of nitrogens with one attached hydrogen (secondary N) is 1. The number of likely N-dealkylation sites (N-methyl/N-ethyl adjacent to an activating group) is 1. The Morgan fingerprint density at radius 1 is 1.40 bits per heavy atom. The quantitative estimate of drug-likeness (QED) is 0.910. The highest BCUT2D eigenvalue weighted by atomic mass is 35.5. The molecule has 0 bridgehead atoms. The van der Waals surface area contributed by atoms with Crippen LogP contribution in [0.15, 0.2) is 12.1 Å². The molecule has 20 heavy (non-hydrogen) atoms. The third-order valence-corrected chi connectivity index (χ3v) is 4.63. The van der Waals surface area contributed by atoms with E-state index in [1.165, 1.54) is 5.56 Å². The number of aryl methyl sites for hydroxylation is 1. The minimum atomic E-state index is 0. The molecule has 3 rings (SSSR count). The monoisotopic (exact) mass is 314 g/mol. The average molecular weight is 315 g/mol. The Bertz CT molecular complexity index is 533. The molecule has 0 spiro atoms. The molecular weight excluding hydrogens is 295 g/mol. The summed E-state index contributed by atoms with van der Waals surface area (Å²) < 4.78 is 0. The fraction of sp³-hybridized carbons (Fsp3) is 0.533. The Morgan fingerprint density at radius 3 is 2.85 bits per heavy atom. The van der Waals surface area contributed by atoms with E-state index in [0.717, 1.165) is 31.5 Å². The molecule has 0 aliphatic carbocycles. The number of fused-ring (bicyclic) bond motifs is 3. The van der Waals surface area contributed by atoms with E-state index in [1.807, 2.05) is 18.0 Å². The van der Waals surface area contributed by atoms with E-state index in [0.29, 0.717) is 16.5 Å². The zero-order valence-electron chi connectivity index (χ0n) is 11.8. The van der Waals surface area contributed by atoms with Crippen molar-refractivity contribution in [1.82, 2.24) is 10.2 Å². The summed E-state index contributed by atoms with van der Waals surface area (Å²) in [7, 11) is 1.88. The van der Waals surface area contributed by atoms with Gasteiger partial charge in [0.15, 0.2) is 0 Å². The topological polar surface area (TPSA) is 32.3 Å². The first-order valence-corrected chi connectivity index (χ1v) is 7.31. The third kappa shape index (κ3) is 2.32. The summed E-state index contributed by atoms with van der Waals surface area (Å²) in [6.45, 7) is 3.97. The molecule has 2 aliphatic heterocycles. The van der Waals surface area contributed by atoms with Crippen molar-refractivity contribution in [1.29, 1.82) is 0 Å². The summed E-state index contributed by atoms with van der Waals surface area (Å²) in [4.78, 5) is 14.3. The van der Waals surface area contributed by atoms with Crippen molar-refractivity contribution in [3.63, 3.8) is 0 Å². The Labute approximate surface area is 131 Å². The Morgan fingerprint density at radius 2 is 2.15 bits per heavy atom. The zero-order valence-corrected chi connectivity index (χ0v) is 13.4. The second-order valence-electron chi connectivity index (χ2n) is 5.54. The molecule has 1 amide bonds. The van der Waals surface area contributed by atoms with Crippen LogP contribution in [-0.2, 0) is 6.42 Å². The molecule has 3 nitrogen and oxygen atoms in total. The van der Waals surface area contributed by atoms with E-state index in [9.17, 15) is 4.79 Å². The minimum absolute atomic E-state index is 0. The maximum absolute atomic E-state index is 12.5. The van der Waals surface area contributed by atoms with Crippen molar-refractivity contribution < 1.29 is 4.79 Å². The van der Waals surface area contributed by atoms with Gasteiger partial charge in [-0.15, -0.1) is 12.4 Å². The molecule has 1 aromatic carbocycles. The second kappa shape index (κ2) is 5.92. The smallest absolute Gasteiger partial charge is 0.255 e. The number of benzene rings is 1. The van der Waals surface area contributed by atoms with Crippen molar-refractivity contribution in [2.45, 2.75) is 31.7 Å². The Hall–Kier alpha value is -0.770. The highest BCUT2D eigenvalue weighted by molar-refractivity contribution is 6.34. The van der Waals surface area contributed by atoms with E-state index in [4.69, 9.17) is 11.6 Å². The van der Waals surface area contributed by atoms with Gasteiger partial charge in [0.05, 0.1) is 16.6 Å². The normalized spacial score (nSPS) is 24.1. The Balaban J connectivity index is 0.00000147. The van der Waals surface area contributed by atoms with Crippen molar-refractivity contribution in [2.75, 3.05) is 20.1 Å². The second-order valence-corrected chi connectivity index (χ2v) is 5.95. The maximum atomic E-state index is 12.5. The van der Waals surface area contributed by atoms with Gasteiger partial charge in [-0.1, -0.05) is 31.0 Å². The summed E-state index contributed by atoms with van der Waals surface area (Å²) in [5.41, 5.74) is 3.11. The Kier molecular flexibility index (Phi) is 4.62. The predicted molar refractivity (Wildman–Crippen MR) is 84.2 cm³/mol. The highest BCUT2D eigenvalue weighted by Gasteiger charge is 2.41. The fourth-order valence-corrected chi connectivity index (χ4v) is 3.68. The summed E-state index contributed by atoms with van der Waals surface area (Å²) in [5, 5.41) is 4.00. The number of carbonyl (C=O) groups is 1. The van der Waals surface area contributed by atoms with E-state index < -0.39 is 0 Å². The van der Waals surface area contributed by atoms with Gasteiger partial charge in [-0.25, -0.2) is 0 Å². The van der Waals surface area contributed by atoms with Crippen molar-refractivity contribution in [2.24, 2.45) is 0 Å². The van der Waals surface area contributed by atoms with Gasteiger partial charge in [0.2, 0.25) is 0 Å². The number of carbonyl (C=O) groups excluding carboxylic acids is 1. The molecule has 1 N–H and O–H groups in total. The lowest BCUT2D eigenvalue weighted by atomic mass is 9.84. The van der Waals surface area contributed by atoms with Crippen LogP contribution in [0.25, 0.3) is 0 Å². The van der Waals surface area contributed by atoms with Gasteiger partial charge in [0.1, 0.15) is 0 Å². The maximum Gasteiger partial charge on any atom is 0.255 e. The van der Waals surface area contributed by atoms with E-state index in [2.05, 4.69) is 18.3 Å². The summed E-state index contributed by atoms with van der Waals surface area (Å²) in [6, 6.07) is 4.42. The van der Waals surface area contributed by atoms with Crippen LogP contribution in [0, 0.1) is 0 Å².